The van der Waals surface area contributed by atoms with Crippen LogP contribution >= 0.6 is 34.9 Å². The number of hydrogen-bond donors (Lipinski definition) is 0. The third kappa shape index (κ3) is 5.72. The third-order valence-electron chi connectivity index (χ3n) is 4.19. The van der Waals surface area contributed by atoms with Gasteiger partial charge in [0.2, 0.25) is 5.91 Å². The lowest BCUT2D eigenvalue weighted by molar-refractivity contribution is -0.118. The van der Waals surface area contributed by atoms with Crippen LogP contribution in [0.3, 0.4) is 0 Å². The number of carbonyl (C=O) groups excluding carboxylic acids is 1. The Morgan fingerprint density at radius 2 is 1.96 bits per heavy atom. The summed E-state index contributed by atoms with van der Waals surface area (Å²) in [4.78, 5) is 18.6. The molecule has 0 spiro atoms. The Hall–Kier alpha value is -1.57. The van der Waals surface area contributed by atoms with Gasteiger partial charge in [-0.2, -0.15) is 16.8 Å². The van der Waals surface area contributed by atoms with Crippen molar-refractivity contribution in [2.75, 3.05) is 17.8 Å². The molecule has 0 atom stereocenters. The summed E-state index contributed by atoms with van der Waals surface area (Å²) in [7, 11) is 0. The van der Waals surface area contributed by atoms with E-state index >= 15 is 0 Å². The van der Waals surface area contributed by atoms with Crippen molar-refractivity contribution in [1.82, 2.24) is 4.57 Å². The minimum absolute atomic E-state index is 0.0825. The fourth-order valence-corrected chi connectivity index (χ4v) is 5.16. The Labute approximate surface area is 177 Å². The van der Waals surface area contributed by atoms with E-state index in [0.717, 1.165) is 39.7 Å². The van der Waals surface area contributed by atoms with Crippen LogP contribution in [0.25, 0.3) is 10.2 Å². The maximum atomic E-state index is 12.9. The third-order valence-corrected chi connectivity index (χ3v) is 6.93. The van der Waals surface area contributed by atoms with E-state index in [1.54, 1.807) is 47.0 Å². The summed E-state index contributed by atoms with van der Waals surface area (Å²) in [6.45, 7) is 2.92. The number of carbonyl (C=O) groups is 1. The van der Waals surface area contributed by atoms with Crippen molar-refractivity contribution >= 4 is 51.0 Å². The molecule has 0 unspecified atom stereocenters. The maximum Gasteiger partial charge on any atom is 0.248 e. The van der Waals surface area contributed by atoms with Crippen LogP contribution in [0.4, 0.5) is 4.39 Å². The average Bonchev–Trinajstić information content (AvgIpc) is 3.00. The first-order valence-corrected chi connectivity index (χ1v) is 12.3. The highest BCUT2D eigenvalue weighted by Crippen LogP contribution is 2.21. The maximum absolute atomic E-state index is 12.9. The summed E-state index contributed by atoms with van der Waals surface area (Å²) in [5.41, 5.74) is 2.35. The summed E-state index contributed by atoms with van der Waals surface area (Å²) < 4.78 is 16.2. The van der Waals surface area contributed by atoms with Gasteiger partial charge in [-0.25, -0.2) is 4.39 Å². The zero-order valence-corrected chi connectivity index (χ0v) is 18.4. The molecule has 0 saturated heterocycles. The molecule has 1 amide bonds. The first-order chi connectivity index (χ1) is 13.6. The van der Waals surface area contributed by atoms with E-state index in [-0.39, 0.29) is 11.7 Å². The Kier molecular flexibility index (Phi) is 7.76. The number of fused-ring (bicyclic) bond motifs is 1. The fraction of sp³-hybridized carbons (Fsp3) is 0.333. The van der Waals surface area contributed by atoms with Crippen molar-refractivity contribution in [2.24, 2.45) is 4.99 Å². The van der Waals surface area contributed by atoms with Gasteiger partial charge in [0.1, 0.15) is 5.82 Å². The fourth-order valence-electron chi connectivity index (χ4n) is 2.77. The lowest BCUT2D eigenvalue weighted by Gasteiger charge is -2.04. The monoisotopic (exact) mass is 434 g/mol. The highest BCUT2D eigenvalue weighted by molar-refractivity contribution is 7.99. The van der Waals surface area contributed by atoms with E-state index in [1.807, 2.05) is 0 Å². The lowest BCUT2D eigenvalue weighted by atomic mass is 10.2. The van der Waals surface area contributed by atoms with Gasteiger partial charge in [-0.3, -0.25) is 4.79 Å². The number of hydrogen-bond acceptors (Lipinski definition) is 4. The molecule has 3 nitrogen and oxygen atoms in total. The number of thioether (sulfide) groups is 2. The molecule has 28 heavy (non-hydrogen) atoms. The molecule has 0 radical (unpaired) electrons. The first kappa shape index (κ1) is 21.1. The number of aromatic nitrogens is 1. The smallest absolute Gasteiger partial charge is 0.248 e. The number of halogens is 1. The number of thiazole rings is 1. The molecule has 148 valence electrons. The van der Waals surface area contributed by atoms with Crippen LogP contribution in [0, 0.1) is 12.7 Å². The molecule has 3 rings (SSSR count). The van der Waals surface area contributed by atoms with Gasteiger partial charge in [0, 0.05) is 23.6 Å². The molecule has 0 saturated carbocycles. The number of amides is 1. The molecule has 0 aliphatic rings. The molecule has 0 fully saturated rings. The van der Waals surface area contributed by atoms with Crippen molar-refractivity contribution in [3.8, 4) is 0 Å². The second-order valence-electron chi connectivity index (χ2n) is 6.41. The zero-order valence-electron chi connectivity index (χ0n) is 16.0. The van der Waals surface area contributed by atoms with Gasteiger partial charge in [0.05, 0.1) is 10.2 Å². The molecule has 0 aliphatic heterocycles. The highest BCUT2D eigenvalue weighted by Gasteiger charge is 2.08. The largest absolute Gasteiger partial charge is 0.316 e. The molecular weight excluding hydrogens is 411 g/mol. The molecule has 0 N–H and O–H groups in total. The van der Waals surface area contributed by atoms with Crippen LogP contribution < -0.4 is 4.80 Å². The van der Waals surface area contributed by atoms with Crippen molar-refractivity contribution in [3.05, 3.63) is 58.6 Å². The summed E-state index contributed by atoms with van der Waals surface area (Å²) in [6, 6.07) is 12.8. The van der Waals surface area contributed by atoms with Gasteiger partial charge >= 0.3 is 0 Å². The Morgan fingerprint density at radius 1 is 1.18 bits per heavy atom. The second-order valence-corrected chi connectivity index (χ2v) is 9.57. The lowest BCUT2D eigenvalue weighted by Crippen LogP contribution is -2.18. The van der Waals surface area contributed by atoms with E-state index < -0.39 is 0 Å². The normalized spacial score (nSPS) is 12.0. The Bertz CT molecular complexity index is 1010. The molecule has 2 aromatic carbocycles. The predicted molar refractivity (Wildman–Crippen MR) is 120 cm³/mol. The van der Waals surface area contributed by atoms with Crippen LogP contribution in [0.5, 0.6) is 0 Å². The molecular formula is C21H23FN2OS3. The predicted octanol–water partition coefficient (Wildman–Crippen LogP) is 5.51. The zero-order chi connectivity index (χ0) is 19.9. The van der Waals surface area contributed by atoms with E-state index in [2.05, 4.69) is 40.9 Å². The molecule has 0 aliphatic carbocycles. The van der Waals surface area contributed by atoms with Crippen molar-refractivity contribution in [1.29, 1.82) is 0 Å². The van der Waals surface area contributed by atoms with Gasteiger partial charge in [-0.1, -0.05) is 17.4 Å². The van der Waals surface area contributed by atoms with Gasteiger partial charge in [0.25, 0.3) is 0 Å². The van der Waals surface area contributed by atoms with Gasteiger partial charge in [0.15, 0.2) is 4.80 Å². The number of nitrogens with zero attached hydrogens (tertiary/aromatic N) is 2. The summed E-state index contributed by atoms with van der Waals surface area (Å²) in [6.07, 6.45) is 3.25. The van der Waals surface area contributed by atoms with Gasteiger partial charge in [-0.05, 0) is 67.3 Å². The minimum Gasteiger partial charge on any atom is -0.316 e. The Morgan fingerprint density at radius 3 is 2.71 bits per heavy atom. The van der Waals surface area contributed by atoms with Crippen LogP contribution in [-0.4, -0.2) is 28.2 Å². The minimum atomic E-state index is -0.230. The topological polar surface area (TPSA) is 34.4 Å². The van der Waals surface area contributed by atoms with Gasteiger partial charge in [-0.15, -0.1) is 11.8 Å². The van der Waals surface area contributed by atoms with Crippen LogP contribution in [0.15, 0.2) is 52.4 Å². The summed E-state index contributed by atoms with van der Waals surface area (Å²) in [5, 5.41) is 0. The van der Waals surface area contributed by atoms with Crippen LogP contribution in [0.1, 0.15) is 18.4 Å². The Balaban J connectivity index is 1.66. The molecule has 1 aromatic heterocycles. The first-order valence-electron chi connectivity index (χ1n) is 9.11. The quantitative estimate of drug-likeness (QED) is 0.346. The van der Waals surface area contributed by atoms with E-state index in [9.17, 15) is 9.18 Å². The molecule has 1 heterocycles. The SMILES string of the molecule is CSCCn1c(=NC(=O)CCCSc2ccc(F)cc2)sc2cc(C)ccc21. The standard InChI is InChI=1S/C21H23FN2OS3/c1-15-5-10-18-19(14-15)28-21(24(18)11-13-26-2)23-20(25)4-3-12-27-17-8-6-16(22)7-9-17/h5-10,14H,3-4,11-13H2,1-2H3. The summed E-state index contributed by atoms with van der Waals surface area (Å²) >= 11 is 5.00. The molecule has 0 bridgehead atoms. The number of aryl methyl sites for hydroxylation is 2. The molecule has 7 heteroatoms. The average molecular weight is 435 g/mol. The second kappa shape index (κ2) is 10.3. The van der Waals surface area contributed by atoms with Gasteiger partial charge < -0.3 is 4.57 Å². The van der Waals surface area contributed by atoms with E-state index in [0.29, 0.717) is 6.42 Å². The van der Waals surface area contributed by atoms with Crippen molar-refractivity contribution in [3.63, 3.8) is 0 Å². The molecule has 3 aromatic rings. The summed E-state index contributed by atoms with van der Waals surface area (Å²) in [5.74, 6) is 1.48. The number of rotatable bonds is 8. The van der Waals surface area contributed by atoms with Crippen LogP contribution in [-0.2, 0) is 11.3 Å². The van der Waals surface area contributed by atoms with E-state index in [1.165, 1.54) is 22.4 Å². The van der Waals surface area contributed by atoms with Crippen molar-refractivity contribution < 1.29 is 9.18 Å². The highest BCUT2D eigenvalue weighted by atomic mass is 32.2. The van der Waals surface area contributed by atoms with E-state index in [4.69, 9.17) is 0 Å². The number of benzene rings is 2. The van der Waals surface area contributed by atoms with Crippen LogP contribution in [0.2, 0.25) is 0 Å². The van der Waals surface area contributed by atoms with Crippen molar-refractivity contribution in [2.45, 2.75) is 31.2 Å².